The molecule has 0 saturated carbocycles. The number of fused-ring (bicyclic) bond motifs is 2. The molecule has 7 heteroatoms. The third kappa shape index (κ3) is 4.37. The van der Waals surface area contributed by atoms with Gasteiger partial charge in [-0.3, -0.25) is 4.79 Å². The van der Waals surface area contributed by atoms with Crippen molar-refractivity contribution in [2.24, 2.45) is 4.99 Å². The average Bonchev–Trinajstić information content (AvgIpc) is 3.04. The van der Waals surface area contributed by atoms with Gasteiger partial charge >= 0.3 is 0 Å². The fourth-order valence-corrected chi connectivity index (χ4v) is 4.82. The van der Waals surface area contributed by atoms with Crippen molar-refractivity contribution in [2.45, 2.75) is 26.8 Å². The number of benzene rings is 3. The summed E-state index contributed by atoms with van der Waals surface area (Å²) >= 11 is 0. The van der Waals surface area contributed by atoms with Crippen molar-refractivity contribution >= 4 is 17.4 Å². The Kier molecular flexibility index (Phi) is 6.31. The fraction of sp³-hybridized carbons (Fsp3) is 0.310. The lowest BCUT2D eigenvalue weighted by atomic mass is 10.1. The van der Waals surface area contributed by atoms with Gasteiger partial charge in [-0.05, 0) is 68.8 Å². The Hall–Kier alpha value is -4.00. The number of carbonyl (C=O) groups excluding carboxylic acids is 1. The molecule has 0 N–H and O–H groups in total. The minimum absolute atomic E-state index is 0.0167. The van der Waals surface area contributed by atoms with Gasteiger partial charge in [-0.1, -0.05) is 17.7 Å². The van der Waals surface area contributed by atoms with Crippen LogP contribution in [-0.2, 0) is 0 Å². The van der Waals surface area contributed by atoms with Crippen LogP contribution in [0.3, 0.4) is 0 Å². The van der Waals surface area contributed by atoms with Crippen molar-refractivity contribution < 1.29 is 19.0 Å². The second kappa shape index (κ2) is 9.57. The molecule has 36 heavy (non-hydrogen) atoms. The highest BCUT2D eigenvalue weighted by molar-refractivity contribution is 6.04. The number of amidine groups is 1. The fourth-order valence-electron chi connectivity index (χ4n) is 4.82. The number of methoxy groups -OCH3 is 2. The summed E-state index contributed by atoms with van der Waals surface area (Å²) in [6.07, 6.45) is 0. The number of hydrogen-bond acceptors (Lipinski definition) is 6. The SMILES string of the molecule is COc1ccc(C(=O)N2CCN(C3=Nc4ccc(C)cc4Oc4ccc(C)cc43)CC2C)cc1OC. The highest BCUT2D eigenvalue weighted by Gasteiger charge is 2.32. The van der Waals surface area contributed by atoms with Crippen molar-refractivity contribution in [3.05, 3.63) is 76.9 Å². The maximum Gasteiger partial charge on any atom is 0.254 e. The van der Waals surface area contributed by atoms with Crippen molar-refractivity contribution in [3.8, 4) is 23.0 Å². The number of nitrogens with zero attached hydrogens (tertiary/aromatic N) is 3. The first-order valence-corrected chi connectivity index (χ1v) is 12.1. The quantitative estimate of drug-likeness (QED) is 0.500. The molecule has 0 aromatic heterocycles. The molecule has 0 spiro atoms. The predicted molar refractivity (Wildman–Crippen MR) is 140 cm³/mol. The zero-order valence-corrected chi connectivity index (χ0v) is 21.4. The van der Waals surface area contributed by atoms with E-state index in [0.29, 0.717) is 36.7 Å². The first-order chi connectivity index (χ1) is 17.4. The van der Waals surface area contributed by atoms with Crippen molar-refractivity contribution in [1.82, 2.24) is 9.80 Å². The summed E-state index contributed by atoms with van der Waals surface area (Å²) in [6, 6.07) is 17.5. The summed E-state index contributed by atoms with van der Waals surface area (Å²) in [6.45, 7) is 8.10. The van der Waals surface area contributed by atoms with Gasteiger partial charge in [0.25, 0.3) is 5.91 Å². The van der Waals surface area contributed by atoms with Gasteiger partial charge < -0.3 is 24.0 Å². The van der Waals surface area contributed by atoms with Crippen LogP contribution in [0.5, 0.6) is 23.0 Å². The minimum atomic E-state index is -0.0219. The van der Waals surface area contributed by atoms with Gasteiger partial charge in [0.1, 0.15) is 17.3 Å². The van der Waals surface area contributed by atoms with Crippen molar-refractivity contribution in [2.75, 3.05) is 33.9 Å². The highest BCUT2D eigenvalue weighted by Crippen LogP contribution is 2.39. The summed E-state index contributed by atoms with van der Waals surface area (Å²) in [5, 5.41) is 0. The van der Waals surface area contributed by atoms with E-state index in [9.17, 15) is 4.79 Å². The number of aryl methyl sites for hydroxylation is 2. The van der Waals surface area contributed by atoms with Crippen LogP contribution in [0.15, 0.2) is 59.6 Å². The molecule has 1 unspecified atom stereocenters. The molecule has 5 rings (SSSR count). The van der Waals surface area contributed by atoms with E-state index in [0.717, 1.165) is 39.7 Å². The van der Waals surface area contributed by atoms with E-state index >= 15 is 0 Å². The molecule has 1 fully saturated rings. The highest BCUT2D eigenvalue weighted by atomic mass is 16.5. The number of piperazine rings is 1. The molecular formula is C29H31N3O4. The molecule has 1 atom stereocenters. The second-order valence-corrected chi connectivity index (χ2v) is 9.37. The smallest absolute Gasteiger partial charge is 0.254 e. The average molecular weight is 486 g/mol. The van der Waals surface area contributed by atoms with Crippen LogP contribution < -0.4 is 14.2 Å². The number of aliphatic imine (C=N–C) groups is 1. The van der Waals surface area contributed by atoms with Gasteiger partial charge in [0.05, 0.1) is 19.8 Å². The Balaban J connectivity index is 1.44. The largest absolute Gasteiger partial charge is 0.493 e. The molecule has 7 nitrogen and oxygen atoms in total. The van der Waals surface area contributed by atoms with Gasteiger partial charge in [-0.15, -0.1) is 0 Å². The molecule has 0 radical (unpaired) electrons. The van der Waals surface area contributed by atoms with Crippen LogP contribution in [0.4, 0.5) is 5.69 Å². The Morgan fingerprint density at radius 3 is 2.42 bits per heavy atom. The van der Waals surface area contributed by atoms with Gasteiger partial charge in [-0.2, -0.15) is 0 Å². The van der Waals surface area contributed by atoms with Gasteiger partial charge in [0.15, 0.2) is 17.2 Å². The normalized spacial score (nSPS) is 16.8. The Bertz CT molecular complexity index is 1350. The van der Waals surface area contributed by atoms with E-state index in [4.69, 9.17) is 19.2 Å². The Labute approximate surface area is 211 Å². The molecule has 1 amide bonds. The number of amides is 1. The topological polar surface area (TPSA) is 63.6 Å². The number of ether oxygens (including phenoxy) is 3. The first kappa shape index (κ1) is 23.7. The van der Waals surface area contributed by atoms with Crippen LogP contribution in [0.2, 0.25) is 0 Å². The standard InChI is InChI=1S/C29H31N3O4/c1-18-7-10-24-22(14-18)28(30-23-9-6-19(2)15-26(23)36-24)31-12-13-32(20(3)17-31)29(33)21-8-11-25(34-4)27(16-21)35-5/h6-11,14-16,20H,12-13,17H2,1-5H3. The maximum absolute atomic E-state index is 13.4. The Morgan fingerprint density at radius 2 is 1.67 bits per heavy atom. The van der Waals surface area contributed by atoms with E-state index in [-0.39, 0.29) is 11.9 Å². The van der Waals surface area contributed by atoms with Gasteiger partial charge in [-0.25, -0.2) is 4.99 Å². The minimum Gasteiger partial charge on any atom is -0.493 e. The summed E-state index contributed by atoms with van der Waals surface area (Å²) in [5.74, 6) is 3.55. The molecule has 2 heterocycles. The molecule has 0 bridgehead atoms. The molecule has 2 aliphatic rings. The van der Waals surface area contributed by atoms with Crippen LogP contribution >= 0.6 is 0 Å². The monoisotopic (exact) mass is 485 g/mol. The molecule has 3 aromatic rings. The van der Waals surface area contributed by atoms with Gasteiger partial charge in [0.2, 0.25) is 0 Å². The van der Waals surface area contributed by atoms with E-state index in [2.05, 4.69) is 30.9 Å². The summed E-state index contributed by atoms with van der Waals surface area (Å²) < 4.78 is 17.0. The summed E-state index contributed by atoms with van der Waals surface area (Å²) in [7, 11) is 3.16. The van der Waals surface area contributed by atoms with Crippen LogP contribution in [-0.4, -0.2) is 61.4 Å². The van der Waals surface area contributed by atoms with E-state index in [1.54, 1.807) is 32.4 Å². The molecule has 3 aromatic carbocycles. The Morgan fingerprint density at radius 1 is 0.917 bits per heavy atom. The zero-order valence-electron chi connectivity index (χ0n) is 21.4. The van der Waals surface area contributed by atoms with Crippen LogP contribution in [0.25, 0.3) is 0 Å². The molecule has 2 aliphatic heterocycles. The first-order valence-electron chi connectivity index (χ1n) is 12.1. The summed E-state index contributed by atoms with van der Waals surface area (Å²) in [5.41, 5.74) is 4.62. The predicted octanol–water partition coefficient (Wildman–Crippen LogP) is 5.35. The van der Waals surface area contributed by atoms with Crippen LogP contribution in [0.1, 0.15) is 34.0 Å². The van der Waals surface area contributed by atoms with E-state index in [1.807, 2.05) is 36.1 Å². The molecule has 0 aliphatic carbocycles. The number of carbonyl (C=O) groups is 1. The number of hydrogen-bond donors (Lipinski definition) is 0. The zero-order chi connectivity index (χ0) is 25.4. The molecule has 186 valence electrons. The summed E-state index contributed by atoms with van der Waals surface area (Å²) in [4.78, 5) is 22.7. The lowest BCUT2D eigenvalue weighted by Crippen LogP contribution is -2.55. The lowest BCUT2D eigenvalue weighted by Gasteiger charge is -2.41. The van der Waals surface area contributed by atoms with Crippen LogP contribution in [0, 0.1) is 13.8 Å². The van der Waals surface area contributed by atoms with E-state index in [1.165, 1.54) is 0 Å². The second-order valence-electron chi connectivity index (χ2n) is 9.37. The third-order valence-electron chi connectivity index (χ3n) is 6.76. The van der Waals surface area contributed by atoms with E-state index < -0.39 is 0 Å². The molecule has 1 saturated heterocycles. The maximum atomic E-state index is 13.4. The van der Waals surface area contributed by atoms with Crippen molar-refractivity contribution in [1.29, 1.82) is 0 Å². The van der Waals surface area contributed by atoms with Gasteiger partial charge in [0, 0.05) is 31.2 Å². The van der Waals surface area contributed by atoms with Crippen molar-refractivity contribution in [3.63, 3.8) is 0 Å². The number of rotatable bonds is 3. The molecular weight excluding hydrogens is 454 g/mol. The third-order valence-corrected chi connectivity index (χ3v) is 6.76. The lowest BCUT2D eigenvalue weighted by molar-refractivity contribution is 0.0581.